The summed E-state index contributed by atoms with van der Waals surface area (Å²) in [4.78, 5) is 14.6. The van der Waals surface area contributed by atoms with Crippen LogP contribution in [0.3, 0.4) is 0 Å². The summed E-state index contributed by atoms with van der Waals surface area (Å²) in [5.74, 6) is 1.33. The summed E-state index contributed by atoms with van der Waals surface area (Å²) in [6, 6.07) is 1.83. The minimum atomic E-state index is 0.604. The molecule has 0 fully saturated rings. The van der Waals surface area contributed by atoms with E-state index in [0.29, 0.717) is 5.92 Å². The monoisotopic (exact) mass is 276 g/mol. The quantitative estimate of drug-likeness (QED) is 0.881. The highest BCUT2D eigenvalue weighted by Crippen LogP contribution is 2.27. The van der Waals surface area contributed by atoms with Crippen molar-refractivity contribution in [2.45, 2.75) is 33.7 Å². The number of nitrogens with zero attached hydrogens (tertiary/aromatic N) is 3. The first kappa shape index (κ1) is 14.1. The second-order valence-corrected chi connectivity index (χ2v) is 5.92. The van der Waals surface area contributed by atoms with Crippen molar-refractivity contribution in [2.24, 2.45) is 5.92 Å². The number of nitrogens with one attached hydrogen (secondary N) is 1. The predicted octanol–water partition coefficient (Wildman–Crippen LogP) is 2.91. The third kappa shape index (κ3) is 3.81. The van der Waals surface area contributed by atoms with Gasteiger partial charge in [-0.25, -0.2) is 15.0 Å². The first-order valence-electron chi connectivity index (χ1n) is 6.67. The Labute approximate surface area is 118 Å². The number of aromatic nitrogens is 3. The molecule has 2 aromatic rings. The van der Waals surface area contributed by atoms with Gasteiger partial charge in [0.15, 0.2) is 10.8 Å². The number of thiazole rings is 1. The van der Waals surface area contributed by atoms with Crippen LogP contribution in [0.15, 0.2) is 18.5 Å². The van der Waals surface area contributed by atoms with Crippen LogP contribution in [0.1, 0.15) is 31.3 Å². The molecule has 0 amide bonds. The lowest BCUT2D eigenvalue weighted by Gasteiger charge is -2.04. The average Bonchev–Trinajstić information content (AvgIpc) is 2.80. The molecule has 0 saturated heterocycles. The van der Waals surface area contributed by atoms with Crippen LogP contribution in [0.2, 0.25) is 0 Å². The lowest BCUT2D eigenvalue weighted by atomic mass is 10.1. The first-order chi connectivity index (χ1) is 9.20. The van der Waals surface area contributed by atoms with Gasteiger partial charge < -0.3 is 5.32 Å². The third-order valence-electron chi connectivity index (χ3n) is 2.67. The molecule has 0 aliphatic carbocycles. The molecule has 0 aliphatic heterocycles. The molecule has 0 spiro atoms. The van der Waals surface area contributed by atoms with Crippen molar-refractivity contribution in [3.05, 3.63) is 29.0 Å². The van der Waals surface area contributed by atoms with Crippen molar-refractivity contribution < 1.29 is 0 Å². The molecule has 0 saturated carbocycles. The highest BCUT2D eigenvalue weighted by Gasteiger charge is 2.14. The van der Waals surface area contributed by atoms with Crippen LogP contribution in [0.25, 0.3) is 10.8 Å². The highest BCUT2D eigenvalue weighted by molar-refractivity contribution is 7.15. The van der Waals surface area contributed by atoms with Gasteiger partial charge in [0.1, 0.15) is 0 Å². The van der Waals surface area contributed by atoms with E-state index in [1.807, 2.05) is 6.07 Å². The van der Waals surface area contributed by atoms with Crippen LogP contribution in [-0.2, 0) is 13.0 Å². The molecule has 5 heteroatoms. The lowest BCUT2D eigenvalue weighted by Crippen LogP contribution is -2.12. The van der Waals surface area contributed by atoms with Gasteiger partial charge in [0, 0.05) is 23.8 Å². The van der Waals surface area contributed by atoms with E-state index in [-0.39, 0.29) is 0 Å². The zero-order chi connectivity index (χ0) is 13.7. The van der Waals surface area contributed by atoms with Gasteiger partial charge >= 0.3 is 0 Å². The Morgan fingerprint density at radius 1 is 1.26 bits per heavy atom. The largest absolute Gasteiger partial charge is 0.312 e. The Kier molecular flexibility index (Phi) is 4.99. The maximum absolute atomic E-state index is 4.73. The molecular formula is C14H20N4S. The Morgan fingerprint density at radius 2 is 2.00 bits per heavy atom. The van der Waals surface area contributed by atoms with Gasteiger partial charge in [-0.3, -0.25) is 0 Å². The standard InChI is InChI=1S/C14H20N4S/c1-4-15-9-12-11(8-10(2)3)18-14(19-12)13-16-6-5-7-17-13/h5-7,10,15H,4,8-9H2,1-3H3. The molecule has 0 aromatic carbocycles. The molecule has 2 rings (SSSR count). The van der Waals surface area contributed by atoms with E-state index < -0.39 is 0 Å². The Bertz CT molecular complexity index is 507. The minimum Gasteiger partial charge on any atom is -0.312 e. The smallest absolute Gasteiger partial charge is 0.188 e. The average molecular weight is 276 g/mol. The van der Waals surface area contributed by atoms with E-state index in [0.717, 1.165) is 30.3 Å². The fourth-order valence-corrected chi connectivity index (χ4v) is 2.82. The van der Waals surface area contributed by atoms with Crippen LogP contribution in [0.4, 0.5) is 0 Å². The SMILES string of the molecule is CCNCc1sc(-c2ncccn2)nc1CC(C)C. The summed E-state index contributed by atoms with van der Waals surface area (Å²) in [6.07, 6.45) is 4.52. The van der Waals surface area contributed by atoms with E-state index in [2.05, 4.69) is 36.1 Å². The summed E-state index contributed by atoms with van der Waals surface area (Å²) >= 11 is 1.70. The van der Waals surface area contributed by atoms with Gasteiger partial charge in [-0.2, -0.15) is 0 Å². The van der Waals surface area contributed by atoms with Gasteiger partial charge in [-0.1, -0.05) is 20.8 Å². The molecule has 0 aliphatic rings. The molecule has 2 aromatic heterocycles. The predicted molar refractivity (Wildman–Crippen MR) is 79.1 cm³/mol. The van der Waals surface area contributed by atoms with Crippen molar-refractivity contribution in [1.82, 2.24) is 20.3 Å². The number of rotatable bonds is 6. The summed E-state index contributed by atoms with van der Waals surface area (Å²) in [5.41, 5.74) is 1.18. The van der Waals surface area contributed by atoms with Gasteiger partial charge in [-0.15, -0.1) is 11.3 Å². The molecule has 4 nitrogen and oxygen atoms in total. The second kappa shape index (κ2) is 6.73. The van der Waals surface area contributed by atoms with E-state index in [4.69, 9.17) is 4.98 Å². The zero-order valence-corrected chi connectivity index (χ0v) is 12.5. The van der Waals surface area contributed by atoms with Crippen LogP contribution < -0.4 is 5.32 Å². The maximum Gasteiger partial charge on any atom is 0.188 e. The molecule has 0 radical (unpaired) electrons. The lowest BCUT2D eigenvalue weighted by molar-refractivity contribution is 0.627. The van der Waals surface area contributed by atoms with Crippen LogP contribution in [0, 0.1) is 5.92 Å². The van der Waals surface area contributed by atoms with E-state index in [1.54, 1.807) is 23.7 Å². The summed E-state index contributed by atoms with van der Waals surface area (Å²) in [6.45, 7) is 8.40. The van der Waals surface area contributed by atoms with Crippen molar-refractivity contribution in [2.75, 3.05) is 6.54 Å². The van der Waals surface area contributed by atoms with E-state index in [9.17, 15) is 0 Å². The summed E-state index contributed by atoms with van der Waals surface area (Å²) in [5, 5.41) is 4.29. The third-order valence-corrected chi connectivity index (χ3v) is 3.77. The van der Waals surface area contributed by atoms with Gasteiger partial charge in [0.2, 0.25) is 0 Å². The van der Waals surface area contributed by atoms with Gasteiger partial charge in [0.25, 0.3) is 0 Å². The Balaban J connectivity index is 2.28. The van der Waals surface area contributed by atoms with Crippen LogP contribution in [-0.4, -0.2) is 21.5 Å². The van der Waals surface area contributed by atoms with Crippen molar-refractivity contribution in [3.63, 3.8) is 0 Å². The van der Waals surface area contributed by atoms with Crippen molar-refractivity contribution in [1.29, 1.82) is 0 Å². The molecule has 102 valence electrons. The van der Waals surface area contributed by atoms with Crippen LogP contribution >= 0.6 is 11.3 Å². The Hall–Kier alpha value is -1.33. The summed E-state index contributed by atoms with van der Waals surface area (Å²) < 4.78 is 0. The summed E-state index contributed by atoms with van der Waals surface area (Å²) in [7, 11) is 0. The van der Waals surface area contributed by atoms with Gasteiger partial charge in [-0.05, 0) is 24.9 Å². The van der Waals surface area contributed by atoms with Crippen molar-refractivity contribution >= 4 is 11.3 Å². The number of hydrogen-bond acceptors (Lipinski definition) is 5. The molecule has 0 bridgehead atoms. The van der Waals surface area contributed by atoms with Crippen LogP contribution in [0.5, 0.6) is 0 Å². The fraction of sp³-hybridized carbons (Fsp3) is 0.500. The van der Waals surface area contributed by atoms with Crippen molar-refractivity contribution in [3.8, 4) is 10.8 Å². The molecule has 19 heavy (non-hydrogen) atoms. The molecule has 0 atom stereocenters. The molecular weight excluding hydrogens is 256 g/mol. The number of hydrogen-bond donors (Lipinski definition) is 1. The maximum atomic E-state index is 4.73. The zero-order valence-electron chi connectivity index (χ0n) is 11.7. The fourth-order valence-electron chi connectivity index (χ4n) is 1.81. The Morgan fingerprint density at radius 3 is 2.63 bits per heavy atom. The van der Waals surface area contributed by atoms with Gasteiger partial charge in [0.05, 0.1) is 5.69 Å². The molecule has 1 N–H and O–H groups in total. The van der Waals surface area contributed by atoms with E-state index in [1.165, 1.54) is 10.6 Å². The first-order valence-corrected chi connectivity index (χ1v) is 7.49. The normalized spacial score (nSPS) is 11.2. The molecule has 0 unspecified atom stereocenters. The molecule has 2 heterocycles. The second-order valence-electron chi connectivity index (χ2n) is 4.84. The topological polar surface area (TPSA) is 50.7 Å². The highest BCUT2D eigenvalue weighted by atomic mass is 32.1. The minimum absolute atomic E-state index is 0.604. The van der Waals surface area contributed by atoms with E-state index >= 15 is 0 Å².